The molecule has 2 aromatic heterocycles. The summed E-state index contributed by atoms with van der Waals surface area (Å²) in [6, 6.07) is 9.43. The fourth-order valence-electron chi connectivity index (χ4n) is 4.29. The van der Waals surface area contributed by atoms with Crippen molar-refractivity contribution in [3.05, 3.63) is 53.7 Å². The van der Waals surface area contributed by atoms with Crippen LogP contribution in [-0.2, 0) is 14.3 Å². The lowest BCUT2D eigenvalue weighted by atomic mass is 9.98. The van der Waals surface area contributed by atoms with Gasteiger partial charge in [-0.2, -0.15) is 0 Å². The number of likely N-dealkylation sites (tertiary alicyclic amines) is 1. The number of carbonyl (C=O) groups is 2. The zero-order valence-electron chi connectivity index (χ0n) is 19.3. The fraction of sp³-hybridized carbons (Fsp3) is 0.360. The van der Waals surface area contributed by atoms with Gasteiger partial charge in [0.1, 0.15) is 0 Å². The number of thiazole rings is 1. The highest BCUT2D eigenvalue weighted by atomic mass is 32.1. The van der Waals surface area contributed by atoms with E-state index in [1.807, 2.05) is 35.7 Å². The van der Waals surface area contributed by atoms with Crippen LogP contribution in [0.5, 0.6) is 11.5 Å². The average Bonchev–Trinajstić information content (AvgIpc) is 3.62. The Morgan fingerprint density at radius 3 is 2.89 bits per heavy atom. The van der Waals surface area contributed by atoms with Gasteiger partial charge in [0.2, 0.25) is 11.8 Å². The third kappa shape index (κ3) is 5.44. The molecule has 0 bridgehead atoms. The summed E-state index contributed by atoms with van der Waals surface area (Å²) in [6.07, 6.45) is 5.25. The molecule has 0 spiro atoms. The molecule has 2 amide bonds. The number of rotatable bonds is 8. The molecule has 4 heterocycles. The summed E-state index contributed by atoms with van der Waals surface area (Å²) < 4.78 is 17.0. The molecule has 0 saturated carbocycles. The number of pyridine rings is 1. The third-order valence-electron chi connectivity index (χ3n) is 6.08. The molecule has 182 valence electrons. The smallest absolute Gasteiger partial charge is 0.245 e. The lowest BCUT2D eigenvalue weighted by molar-refractivity contribution is -0.131. The summed E-state index contributed by atoms with van der Waals surface area (Å²) in [5.74, 6) is 0.867. The summed E-state index contributed by atoms with van der Waals surface area (Å²) in [5.41, 5.74) is 2.67. The van der Waals surface area contributed by atoms with Crippen LogP contribution in [0.3, 0.4) is 0 Å². The number of amides is 2. The summed E-state index contributed by atoms with van der Waals surface area (Å²) in [5, 5.41) is 5.18. The Balaban J connectivity index is 1.20. The Hall–Kier alpha value is -3.50. The van der Waals surface area contributed by atoms with Gasteiger partial charge in [-0.1, -0.05) is 6.07 Å². The predicted octanol–water partition coefficient (Wildman–Crippen LogP) is 3.68. The summed E-state index contributed by atoms with van der Waals surface area (Å²) in [7, 11) is 1.60. The van der Waals surface area contributed by atoms with Gasteiger partial charge in [-0.05, 0) is 36.2 Å². The number of methoxy groups -OCH3 is 1. The SMILES string of the molecule is COc1ccc([C@@H]2CC(=O)N(CC(=O)Nc3nc(-c4ccncc4)cs3)C2)cc1OC1CCCO1. The Bertz CT molecular complexity index is 1200. The Morgan fingerprint density at radius 1 is 1.26 bits per heavy atom. The second-order valence-electron chi connectivity index (χ2n) is 8.47. The van der Waals surface area contributed by atoms with Crippen molar-refractivity contribution in [2.75, 3.05) is 32.1 Å². The molecule has 2 fully saturated rings. The van der Waals surface area contributed by atoms with Gasteiger partial charge >= 0.3 is 0 Å². The Kier molecular flexibility index (Phi) is 6.91. The van der Waals surface area contributed by atoms with Crippen molar-refractivity contribution in [2.24, 2.45) is 0 Å². The second kappa shape index (κ2) is 10.4. The molecule has 2 saturated heterocycles. The number of ether oxygens (including phenoxy) is 3. The van der Waals surface area contributed by atoms with Crippen molar-refractivity contribution < 1.29 is 23.8 Å². The molecule has 5 rings (SSSR count). The highest BCUT2D eigenvalue weighted by Crippen LogP contribution is 2.36. The number of nitrogens with one attached hydrogen (secondary N) is 1. The van der Waals surface area contributed by atoms with E-state index in [2.05, 4.69) is 15.3 Å². The number of anilines is 1. The molecule has 1 unspecified atom stereocenters. The van der Waals surface area contributed by atoms with Crippen molar-refractivity contribution in [1.29, 1.82) is 0 Å². The molecule has 35 heavy (non-hydrogen) atoms. The van der Waals surface area contributed by atoms with E-state index in [1.165, 1.54) is 11.3 Å². The fourth-order valence-corrected chi connectivity index (χ4v) is 5.02. The molecule has 2 atom stereocenters. The zero-order chi connectivity index (χ0) is 24.2. The molecule has 1 aromatic carbocycles. The van der Waals surface area contributed by atoms with E-state index < -0.39 is 0 Å². The van der Waals surface area contributed by atoms with E-state index in [9.17, 15) is 9.59 Å². The first kappa shape index (κ1) is 23.3. The van der Waals surface area contributed by atoms with Gasteiger partial charge in [0.25, 0.3) is 0 Å². The third-order valence-corrected chi connectivity index (χ3v) is 6.84. The van der Waals surface area contributed by atoms with E-state index >= 15 is 0 Å². The summed E-state index contributed by atoms with van der Waals surface area (Å²) >= 11 is 1.34. The molecular weight excluding hydrogens is 468 g/mol. The van der Waals surface area contributed by atoms with Gasteiger partial charge in [0.15, 0.2) is 22.9 Å². The van der Waals surface area contributed by atoms with Crippen LogP contribution >= 0.6 is 11.3 Å². The highest BCUT2D eigenvalue weighted by Gasteiger charge is 2.32. The average molecular weight is 495 g/mol. The van der Waals surface area contributed by atoms with Gasteiger partial charge in [-0.25, -0.2) is 4.98 Å². The lowest BCUT2D eigenvalue weighted by Crippen LogP contribution is -2.34. The minimum Gasteiger partial charge on any atom is -0.493 e. The van der Waals surface area contributed by atoms with Crippen molar-refractivity contribution in [2.45, 2.75) is 31.5 Å². The largest absolute Gasteiger partial charge is 0.493 e. The number of aromatic nitrogens is 2. The highest BCUT2D eigenvalue weighted by molar-refractivity contribution is 7.14. The monoisotopic (exact) mass is 494 g/mol. The van der Waals surface area contributed by atoms with Gasteiger partial charge in [-0.3, -0.25) is 14.6 Å². The molecule has 2 aliphatic rings. The minimum absolute atomic E-state index is 0.0189. The molecule has 1 N–H and O–H groups in total. The van der Waals surface area contributed by atoms with E-state index in [0.29, 0.717) is 36.2 Å². The molecule has 2 aliphatic heterocycles. The van der Waals surface area contributed by atoms with Crippen LogP contribution in [0.1, 0.15) is 30.7 Å². The molecule has 10 heteroatoms. The van der Waals surface area contributed by atoms with Crippen molar-refractivity contribution in [3.63, 3.8) is 0 Å². The molecule has 9 nitrogen and oxygen atoms in total. The molecule has 3 aromatic rings. The van der Waals surface area contributed by atoms with Gasteiger partial charge in [0.05, 0.1) is 26.0 Å². The first-order valence-corrected chi connectivity index (χ1v) is 12.4. The maximum Gasteiger partial charge on any atom is 0.245 e. The van der Waals surface area contributed by atoms with Gasteiger partial charge < -0.3 is 24.4 Å². The van der Waals surface area contributed by atoms with E-state index in [0.717, 1.165) is 29.7 Å². The number of hydrogen-bond donors (Lipinski definition) is 1. The Labute approximate surface area is 207 Å². The normalized spacial score (nSPS) is 19.7. The number of hydrogen-bond acceptors (Lipinski definition) is 8. The first-order chi connectivity index (χ1) is 17.1. The standard InChI is InChI=1S/C25H26N4O5S/c1-32-20-5-4-17(11-21(20)34-24-3-2-10-33-24)18-12-23(31)29(13-18)14-22(30)28-25-27-19(15-35-25)16-6-8-26-9-7-16/h4-9,11,15,18,24H,2-3,10,12-14H2,1H3,(H,27,28,30)/t18-,24?/m1/s1. The van der Waals surface area contributed by atoms with Crippen molar-refractivity contribution in [3.8, 4) is 22.8 Å². The van der Waals surface area contributed by atoms with E-state index in [1.54, 1.807) is 24.4 Å². The number of carbonyl (C=O) groups excluding carboxylic acids is 2. The van der Waals surface area contributed by atoms with Crippen LogP contribution in [0, 0.1) is 0 Å². The second-order valence-corrected chi connectivity index (χ2v) is 9.33. The Morgan fingerprint density at radius 2 is 2.11 bits per heavy atom. The van der Waals surface area contributed by atoms with Crippen LogP contribution in [0.25, 0.3) is 11.3 Å². The zero-order valence-corrected chi connectivity index (χ0v) is 20.1. The maximum atomic E-state index is 12.7. The summed E-state index contributed by atoms with van der Waals surface area (Å²) in [6.45, 7) is 1.12. The quantitative estimate of drug-likeness (QED) is 0.510. The minimum atomic E-state index is -0.283. The van der Waals surface area contributed by atoms with E-state index in [4.69, 9.17) is 14.2 Å². The summed E-state index contributed by atoms with van der Waals surface area (Å²) in [4.78, 5) is 35.4. The van der Waals surface area contributed by atoms with Crippen LogP contribution < -0.4 is 14.8 Å². The van der Waals surface area contributed by atoms with Crippen LogP contribution in [-0.4, -0.2) is 59.8 Å². The number of nitrogens with zero attached hydrogens (tertiary/aromatic N) is 3. The predicted molar refractivity (Wildman–Crippen MR) is 131 cm³/mol. The molecule has 0 aliphatic carbocycles. The van der Waals surface area contributed by atoms with Crippen LogP contribution in [0.15, 0.2) is 48.1 Å². The van der Waals surface area contributed by atoms with E-state index in [-0.39, 0.29) is 30.6 Å². The van der Waals surface area contributed by atoms with Gasteiger partial charge in [-0.15, -0.1) is 11.3 Å². The number of benzene rings is 1. The van der Waals surface area contributed by atoms with Crippen molar-refractivity contribution >= 4 is 28.3 Å². The van der Waals surface area contributed by atoms with Crippen LogP contribution in [0.2, 0.25) is 0 Å². The topological polar surface area (TPSA) is 103 Å². The molecule has 0 radical (unpaired) electrons. The van der Waals surface area contributed by atoms with Crippen LogP contribution in [0.4, 0.5) is 5.13 Å². The first-order valence-electron chi connectivity index (χ1n) is 11.5. The van der Waals surface area contributed by atoms with Gasteiger partial charge in [0, 0.05) is 48.6 Å². The van der Waals surface area contributed by atoms with Crippen molar-refractivity contribution in [1.82, 2.24) is 14.9 Å². The maximum absolute atomic E-state index is 12.7. The molecular formula is C25H26N4O5S. The lowest BCUT2D eigenvalue weighted by Gasteiger charge is -2.19.